The second kappa shape index (κ2) is 8.62. The predicted molar refractivity (Wildman–Crippen MR) is 85.5 cm³/mol. The number of rotatable bonds is 8. The molecule has 0 aromatic rings. The van der Waals surface area contributed by atoms with Gasteiger partial charge in [-0.25, -0.2) is 4.79 Å². The molecule has 1 aliphatic heterocycles. The summed E-state index contributed by atoms with van der Waals surface area (Å²) in [5.41, 5.74) is 10.9. The first kappa shape index (κ1) is 19.9. The van der Waals surface area contributed by atoms with E-state index in [0.29, 0.717) is 19.4 Å². The molecule has 3 atom stereocenters. The van der Waals surface area contributed by atoms with Crippen molar-refractivity contribution < 1.29 is 24.3 Å². The molecule has 0 saturated carbocycles. The predicted octanol–water partition coefficient (Wildman–Crippen LogP) is -1.20. The van der Waals surface area contributed by atoms with Gasteiger partial charge in [-0.05, 0) is 25.2 Å². The standard InChI is InChI=1S/C15H26N4O5/c1-8(2)12(17)14(22)19-7-3-4-10(19)13(21)18-9(15(23)24)5-6-11(16)20/h8-10,12H,3-7,17H2,1-2H3,(H2,16,20)(H,18,21)(H,23,24). The fourth-order valence-electron chi connectivity index (χ4n) is 2.59. The van der Waals surface area contributed by atoms with E-state index < -0.39 is 35.9 Å². The first-order valence-electron chi connectivity index (χ1n) is 8.02. The Labute approximate surface area is 140 Å². The van der Waals surface area contributed by atoms with E-state index in [1.165, 1.54) is 4.90 Å². The maximum atomic E-state index is 12.4. The van der Waals surface area contributed by atoms with Crippen LogP contribution in [-0.4, -0.2) is 58.4 Å². The Hall–Kier alpha value is -2.16. The number of carbonyl (C=O) groups is 4. The number of primary amides is 1. The van der Waals surface area contributed by atoms with Gasteiger partial charge in [-0.3, -0.25) is 14.4 Å². The maximum Gasteiger partial charge on any atom is 0.326 e. The molecular formula is C15H26N4O5. The molecule has 9 nitrogen and oxygen atoms in total. The smallest absolute Gasteiger partial charge is 0.326 e. The van der Waals surface area contributed by atoms with Crippen molar-refractivity contribution in [1.29, 1.82) is 0 Å². The van der Waals surface area contributed by atoms with Gasteiger partial charge in [0.2, 0.25) is 17.7 Å². The summed E-state index contributed by atoms with van der Waals surface area (Å²) in [4.78, 5) is 48.2. The maximum absolute atomic E-state index is 12.4. The van der Waals surface area contributed by atoms with Crippen LogP contribution in [0, 0.1) is 5.92 Å². The van der Waals surface area contributed by atoms with Gasteiger partial charge in [0.15, 0.2) is 0 Å². The molecule has 136 valence electrons. The zero-order chi connectivity index (χ0) is 18.4. The lowest BCUT2D eigenvalue weighted by Gasteiger charge is -2.28. The highest BCUT2D eigenvalue weighted by Crippen LogP contribution is 2.20. The van der Waals surface area contributed by atoms with Crippen molar-refractivity contribution in [1.82, 2.24) is 10.2 Å². The van der Waals surface area contributed by atoms with E-state index in [9.17, 15) is 19.2 Å². The SMILES string of the molecule is CC(C)C(N)C(=O)N1CCCC1C(=O)NC(CCC(N)=O)C(=O)O. The summed E-state index contributed by atoms with van der Waals surface area (Å²) in [5.74, 6) is -2.82. The number of nitrogens with zero attached hydrogens (tertiary/aromatic N) is 1. The van der Waals surface area contributed by atoms with Gasteiger partial charge in [0.25, 0.3) is 0 Å². The topological polar surface area (TPSA) is 156 Å². The minimum atomic E-state index is -1.25. The Bertz CT molecular complexity index is 508. The van der Waals surface area contributed by atoms with Gasteiger partial charge in [-0.15, -0.1) is 0 Å². The van der Waals surface area contributed by atoms with Crippen LogP contribution in [0.1, 0.15) is 39.5 Å². The van der Waals surface area contributed by atoms with Crippen LogP contribution < -0.4 is 16.8 Å². The van der Waals surface area contributed by atoms with Gasteiger partial charge >= 0.3 is 5.97 Å². The first-order chi connectivity index (χ1) is 11.1. The Morgan fingerprint density at radius 1 is 1.29 bits per heavy atom. The lowest BCUT2D eigenvalue weighted by Crippen LogP contribution is -2.54. The molecule has 0 spiro atoms. The van der Waals surface area contributed by atoms with Crippen LogP contribution in [0.4, 0.5) is 0 Å². The molecule has 1 rings (SSSR count). The monoisotopic (exact) mass is 342 g/mol. The van der Waals surface area contributed by atoms with Gasteiger partial charge in [0.05, 0.1) is 6.04 Å². The van der Waals surface area contributed by atoms with Crippen LogP contribution in [0.15, 0.2) is 0 Å². The van der Waals surface area contributed by atoms with Crippen molar-refractivity contribution in [3.05, 3.63) is 0 Å². The summed E-state index contributed by atoms with van der Waals surface area (Å²) < 4.78 is 0. The molecule has 6 N–H and O–H groups in total. The molecule has 0 bridgehead atoms. The van der Waals surface area contributed by atoms with E-state index in [2.05, 4.69) is 5.32 Å². The molecular weight excluding hydrogens is 316 g/mol. The van der Waals surface area contributed by atoms with Crippen LogP contribution in [0.2, 0.25) is 0 Å². The lowest BCUT2D eigenvalue weighted by molar-refractivity contribution is -0.144. The van der Waals surface area contributed by atoms with E-state index >= 15 is 0 Å². The van der Waals surface area contributed by atoms with Crippen LogP contribution >= 0.6 is 0 Å². The summed E-state index contributed by atoms with van der Waals surface area (Å²) in [6.07, 6.45) is 0.851. The first-order valence-corrected chi connectivity index (χ1v) is 8.02. The summed E-state index contributed by atoms with van der Waals surface area (Å²) in [5, 5.41) is 11.5. The van der Waals surface area contributed by atoms with Crippen LogP contribution in [0.25, 0.3) is 0 Å². The number of amides is 3. The number of nitrogens with two attached hydrogens (primary N) is 2. The number of hydrogen-bond acceptors (Lipinski definition) is 5. The Morgan fingerprint density at radius 3 is 2.42 bits per heavy atom. The van der Waals surface area contributed by atoms with Crippen molar-refractivity contribution in [2.45, 2.75) is 57.7 Å². The van der Waals surface area contributed by atoms with Crippen LogP contribution in [0.3, 0.4) is 0 Å². The fraction of sp³-hybridized carbons (Fsp3) is 0.733. The Morgan fingerprint density at radius 2 is 1.92 bits per heavy atom. The Kier molecular flexibility index (Phi) is 7.15. The van der Waals surface area contributed by atoms with Crippen LogP contribution in [-0.2, 0) is 19.2 Å². The number of carboxylic acid groups (broad SMARTS) is 1. The number of nitrogens with one attached hydrogen (secondary N) is 1. The minimum Gasteiger partial charge on any atom is -0.480 e. The molecule has 24 heavy (non-hydrogen) atoms. The second-order valence-electron chi connectivity index (χ2n) is 6.36. The van der Waals surface area contributed by atoms with Crippen LogP contribution in [0.5, 0.6) is 0 Å². The number of hydrogen-bond donors (Lipinski definition) is 4. The highest BCUT2D eigenvalue weighted by Gasteiger charge is 2.38. The third kappa shape index (κ3) is 5.19. The number of carbonyl (C=O) groups excluding carboxylic acids is 3. The molecule has 0 aromatic heterocycles. The average Bonchev–Trinajstić information content (AvgIpc) is 2.98. The highest BCUT2D eigenvalue weighted by molar-refractivity contribution is 5.92. The van der Waals surface area contributed by atoms with Gasteiger partial charge in [0.1, 0.15) is 12.1 Å². The highest BCUT2D eigenvalue weighted by atomic mass is 16.4. The van der Waals surface area contributed by atoms with Gasteiger partial charge in [-0.1, -0.05) is 13.8 Å². The van der Waals surface area contributed by atoms with Gasteiger partial charge in [0, 0.05) is 13.0 Å². The zero-order valence-electron chi connectivity index (χ0n) is 14.0. The van der Waals surface area contributed by atoms with E-state index in [1.54, 1.807) is 0 Å². The third-order valence-electron chi connectivity index (χ3n) is 4.14. The number of likely N-dealkylation sites (tertiary alicyclic amines) is 1. The average molecular weight is 342 g/mol. The minimum absolute atomic E-state index is 0.0656. The van der Waals surface area contributed by atoms with Crippen molar-refractivity contribution in [3.8, 4) is 0 Å². The molecule has 1 aliphatic rings. The van der Waals surface area contributed by atoms with Crippen molar-refractivity contribution in [2.75, 3.05) is 6.54 Å². The normalized spacial score (nSPS) is 19.8. The molecule has 0 radical (unpaired) electrons. The summed E-state index contributed by atoms with van der Waals surface area (Å²) in [6, 6.07) is -2.66. The molecule has 1 saturated heterocycles. The van der Waals surface area contributed by atoms with E-state index in [4.69, 9.17) is 16.6 Å². The fourth-order valence-corrected chi connectivity index (χ4v) is 2.59. The molecule has 3 unspecified atom stereocenters. The van der Waals surface area contributed by atoms with E-state index in [0.717, 1.165) is 0 Å². The van der Waals surface area contributed by atoms with Gasteiger partial charge < -0.3 is 26.8 Å². The largest absolute Gasteiger partial charge is 0.480 e. The van der Waals surface area contributed by atoms with Crippen molar-refractivity contribution >= 4 is 23.7 Å². The molecule has 9 heteroatoms. The van der Waals surface area contributed by atoms with Crippen molar-refractivity contribution in [2.24, 2.45) is 17.4 Å². The number of aliphatic carboxylic acids is 1. The summed E-state index contributed by atoms with van der Waals surface area (Å²) >= 11 is 0. The van der Waals surface area contributed by atoms with Gasteiger partial charge in [-0.2, -0.15) is 0 Å². The molecule has 1 heterocycles. The molecule has 1 fully saturated rings. The zero-order valence-corrected chi connectivity index (χ0v) is 14.0. The lowest BCUT2D eigenvalue weighted by atomic mass is 10.0. The third-order valence-corrected chi connectivity index (χ3v) is 4.14. The van der Waals surface area contributed by atoms with Crippen molar-refractivity contribution in [3.63, 3.8) is 0 Å². The second-order valence-corrected chi connectivity index (χ2v) is 6.36. The number of carboxylic acids is 1. The molecule has 0 aliphatic carbocycles. The summed E-state index contributed by atoms with van der Waals surface area (Å²) in [6.45, 7) is 4.05. The van der Waals surface area contributed by atoms with E-state index in [-0.39, 0.29) is 24.7 Å². The molecule has 3 amide bonds. The molecule has 0 aromatic carbocycles. The Balaban J connectivity index is 2.75. The van der Waals surface area contributed by atoms with E-state index in [1.807, 2.05) is 13.8 Å². The quantitative estimate of drug-likeness (QED) is 0.434. The summed E-state index contributed by atoms with van der Waals surface area (Å²) in [7, 11) is 0.